The average molecular weight is 402 g/mol. The van der Waals surface area contributed by atoms with Crippen LogP contribution in [-0.2, 0) is 6.42 Å². The number of methoxy groups -OCH3 is 2. The number of fused-ring (bicyclic) bond motifs is 4. The molecule has 4 nitrogen and oxygen atoms in total. The molecule has 0 bridgehead atoms. The summed E-state index contributed by atoms with van der Waals surface area (Å²) in [5, 5.41) is 2.15. The Bertz CT molecular complexity index is 1100. The van der Waals surface area contributed by atoms with E-state index in [-0.39, 0.29) is 11.9 Å². The first kappa shape index (κ1) is 19.0. The Balaban J connectivity index is 1.52. The summed E-state index contributed by atoms with van der Waals surface area (Å²) in [7, 11) is 3.39. The average Bonchev–Trinajstić information content (AvgIpc) is 2.81. The molecule has 0 N–H and O–H groups in total. The van der Waals surface area contributed by atoms with Crippen molar-refractivity contribution < 1.29 is 14.3 Å². The zero-order valence-electron chi connectivity index (χ0n) is 17.6. The molecular weight excluding hydrogens is 374 g/mol. The van der Waals surface area contributed by atoms with Crippen LogP contribution >= 0.6 is 0 Å². The third-order valence-corrected chi connectivity index (χ3v) is 6.83. The molecule has 0 spiro atoms. The summed E-state index contributed by atoms with van der Waals surface area (Å²) >= 11 is 0. The summed E-state index contributed by atoms with van der Waals surface area (Å²) in [6.45, 7) is 0.825. The molecule has 0 aromatic heterocycles. The molecule has 0 radical (unpaired) electrons. The highest BCUT2D eigenvalue weighted by molar-refractivity contribution is 6.07. The Kier molecular flexibility index (Phi) is 4.86. The molecule has 1 fully saturated rings. The van der Waals surface area contributed by atoms with E-state index >= 15 is 0 Å². The van der Waals surface area contributed by atoms with Crippen LogP contribution in [0.25, 0.3) is 10.8 Å². The van der Waals surface area contributed by atoms with E-state index in [9.17, 15) is 4.79 Å². The Labute approximate surface area is 177 Å². The molecule has 30 heavy (non-hydrogen) atoms. The van der Waals surface area contributed by atoms with Gasteiger partial charge in [0.25, 0.3) is 5.91 Å². The summed E-state index contributed by atoms with van der Waals surface area (Å²) in [4.78, 5) is 15.8. The van der Waals surface area contributed by atoms with Crippen molar-refractivity contribution >= 4 is 16.7 Å². The lowest BCUT2D eigenvalue weighted by Gasteiger charge is -2.45. The van der Waals surface area contributed by atoms with Gasteiger partial charge in [0.1, 0.15) is 0 Å². The zero-order chi connectivity index (χ0) is 20.7. The number of carbonyl (C=O) groups is 1. The van der Waals surface area contributed by atoms with E-state index < -0.39 is 0 Å². The van der Waals surface area contributed by atoms with Crippen molar-refractivity contribution in [1.29, 1.82) is 0 Å². The number of rotatable bonds is 3. The lowest BCUT2D eigenvalue weighted by molar-refractivity contribution is 0.0548. The standard InChI is InChI=1S/C26H27NO3/c1-29-24-15-13-19-20-11-6-16-27(23(20)14-12-21(19)25(24)30-2)26(28)22-10-5-8-17-7-3-4-9-18(17)22/h3-5,7-10,13,15,20,23H,6,11-12,14,16H2,1-2H3. The van der Waals surface area contributed by atoms with Crippen molar-refractivity contribution in [3.05, 3.63) is 71.3 Å². The number of likely N-dealkylation sites (tertiary alicyclic amines) is 1. The van der Waals surface area contributed by atoms with Gasteiger partial charge in [-0.1, -0.05) is 42.5 Å². The van der Waals surface area contributed by atoms with Crippen LogP contribution in [0.3, 0.4) is 0 Å². The second-order valence-corrected chi connectivity index (χ2v) is 8.25. The lowest BCUT2D eigenvalue weighted by atomic mass is 9.73. The minimum absolute atomic E-state index is 0.158. The van der Waals surface area contributed by atoms with E-state index in [1.165, 1.54) is 11.1 Å². The van der Waals surface area contributed by atoms with E-state index in [0.717, 1.165) is 60.1 Å². The molecule has 0 saturated carbocycles. The van der Waals surface area contributed by atoms with Gasteiger partial charge in [-0.25, -0.2) is 0 Å². The van der Waals surface area contributed by atoms with Crippen LogP contribution in [0, 0.1) is 0 Å². The Morgan fingerprint density at radius 3 is 2.63 bits per heavy atom. The van der Waals surface area contributed by atoms with Crippen LogP contribution < -0.4 is 9.47 Å². The van der Waals surface area contributed by atoms with Crippen LogP contribution in [-0.4, -0.2) is 37.6 Å². The van der Waals surface area contributed by atoms with E-state index in [4.69, 9.17) is 9.47 Å². The first-order valence-electron chi connectivity index (χ1n) is 10.8. The number of hydrogen-bond donors (Lipinski definition) is 0. The maximum absolute atomic E-state index is 13.7. The summed E-state index contributed by atoms with van der Waals surface area (Å²) in [6.07, 6.45) is 3.98. The zero-order valence-corrected chi connectivity index (χ0v) is 17.6. The summed E-state index contributed by atoms with van der Waals surface area (Å²) in [6, 6.07) is 18.6. The van der Waals surface area contributed by atoms with E-state index in [1.54, 1.807) is 14.2 Å². The Morgan fingerprint density at radius 1 is 0.967 bits per heavy atom. The van der Waals surface area contributed by atoms with Gasteiger partial charge in [0, 0.05) is 29.6 Å². The monoisotopic (exact) mass is 401 g/mol. The summed E-state index contributed by atoms with van der Waals surface area (Å²) in [5.41, 5.74) is 3.38. The molecule has 3 aromatic carbocycles. The molecule has 2 atom stereocenters. The quantitative estimate of drug-likeness (QED) is 0.606. The molecule has 3 aromatic rings. The van der Waals surface area contributed by atoms with Gasteiger partial charge in [-0.3, -0.25) is 4.79 Å². The molecule has 1 amide bonds. The summed E-state index contributed by atoms with van der Waals surface area (Å²) < 4.78 is 11.2. The minimum Gasteiger partial charge on any atom is -0.493 e. The number of nitrogens with zero attached hydrogens (tertiary/aromatic N) is 1. The first-order valence-corrected chi connectivity index (χ1v) is 10.8. The van der Waals surface area contributed by atoms with Gasteiger partial charge in [0.05, 0.1) is 14.2 Å². The van der Waals surface area contributed by atoms with Gasteiger partial charge >= 0.3 is 0 Å². The molecule has 2 aliphatic rings. The highest BCUT2D eigenvalue weighted by atomic mass is 16.5. The highest BCUT2D eigenvalue weighted by Crippen LogP contribution is 2.46. The Morgan fingerprint density at radius 2 is 1.80 bits per heavy atom. The van der Waals surface area contributed by atoms with Crippen LogP contribution in [0.5, 0.6) is 11.5 Å². The fourth-order valence-corrected chi connectivity index (χ4v) is 5.50. The molecule has 5 rings (SSSR count). The highest BCUT2D eigenvalue weighted by Gasteiger charge is 2.40. The SMILES string of the molecule is COc1ccc2c(c1OC)CCC1C2CCCN1C(=O)c1cccc2ccccc12. The van der Waals surface area contributed by atoms with E-state index in [2.05, 4.69) is 29.2 Å². The van der Waals surface area contributed by atoms with Crippen molar-refractivity contribution in [3.8, 4) is 11.5 Å². The smallest absolute Gasteiger partial charge is 0.254 e. The third kappa shape index (κ3) is 2.94. The first-order chi connectivity index (χ1) is 14.7. The fraction of sp³-hybridized carbons (Fsp3) is 0.346. The normalized spacial score (nSPS) is 20.4. The molecule has 1 aliphatic carbocycles. The van der Waals surface area contributed by atoms with Crippen molar-refractivity contribution in [2.24, 2.45) is 0 Å². The van der Waals surface area contributed by atoms with Gasteiger partial charge in [0.15, 0.2) is 11.5 Å². The predicted octanol–water partition coefficient (Wildman–Crippen LogP) is 5.19. The molecule has 2 unspecified atom stereocenters. The van der Waals surface area contributed by atoms with Gasteiger partial charge < -0.3 is 14.4 Å². The van der Waals surface area contributed by atoms with E-state index in [0.29, 0.717) is 5.92 Å². The minimum atomic E-state index is 0.158. The fourth-order valence-electron chi connectivity index (χ4n) is 5.50. The second-order valence-electron chi connectivity index (χ2n) is 8.25. The predicted molar refractivity (Wildman–Crippen MR) is 119 cm³/mol. The molecule has 1 aliphatic heterocycles. The van der Waals surface area contributed by atoms with Crippen molar-refractivity contribution in [3.63, 3.8) is 0 Å². The molecule has 1 heterocycles. The molecule has 154 valence electrons. The molecule has 1 saturated heterocycles. The third-order valence-electron chi connectivity index (χ3n) is 6.83. The lowest BCUT2D eigenvalue weighted by Crippen LogP contribution is -2.49. The number of amides is 1. The van der Waals surface area contributed by atoms with Gasteiger partial charge in [-0.05, 0) is 54.2 Å². The van der Waals surface area contributed by atoms with Crippen molar-refractivity contribution in [2.45, 2.75) is 37.6 Å². The topological polar surface area (TPSA) is 38.8 Å². The Hall–Kier alpha value is -3.01. The van der Waals surface area contributed by atoms with E-state index in [1.807, 2.05) is 30.3 Å². The number of hydrogen-bond acceptors (Lipinski definition) is 3. The van der Waals surface area contributed by atoms with Crippen LogP contribution in [0.1, 0.15) is 46.7 Å². The van der Waals surface area contributed by atoms with Gasteiger partial charge in [-0.2, -0.15) is 0 Å². The number of carbonyl (C=O) groups excluding carboxylic acids is 1. The number of benzene rings is 3. The van der Waals surface area contributed by atoms with Crippen LogP contribution in [0.2, 0.25) is 0 Å². The second kappa shape index (κ2) is 7.67. The maximum atomic E-state index is 13.7. The maximum Gasteiger partial charge on any atom is 0.254 e. The summed E-state index contributed by atoms with van der Waals surface area (Å²) in [5.74, 6) is 2.15. The van der Waals surface area contributed by atoms with Crippen LogP contribution in [0.15, 0.2) is 54.6 Å². The number of ether oxygens (including phenoxy) is 2. The largest absolute Gasteiger partial charge is 0.493 e. The van der Waals surface area contributed by atoms with Gasteiger partial charge in [0.2, 0.25) is 0 Å². The molecule has 4 heteroatoms. The molecular formula is C26H27NO3. The van der Waals surface area contributed by atoms with Crippen molar-refractivity contribution in [1.82, 2.24) is 4.90 Å². The van der Waals surface area contributed by atoms with Gasteiger partial charge in [-0.15, -0.1) is 0 Å². The number of piperidine rings is 1. The van der Waals surface area contributed by atoms with Crippen LogP contribution in [0.4, 0.5) is 0 Å². The van der Waals surface area contributed by atoms with Crippen molar-refractivity contribution in [2.75, 3.05) is 20.8 Å².